The van der Waals surface area contributed by atoms with Crippen LogP contribution in [0.2, 0.25) is 0 Å². The van der Waals surface area contributed by atoms with Crippen molar-refractivity contribution < 1.29 is 56.8 Å². The van der Waals surface area contributed by atoms with Gasteiger partial charge in [-0.1, -0.05) is 0 Å². The van der Waals surface area contributed by atoms with Crippen LogP contribution in [0.15, 0.2) is 54.9 Å². The number of rotatable bonds is 17. The van der Waals surface area contributed by atoms with Gasteiger partial charge in [-0.2, -0.15) is 0 Å². The molecule has 0 aliphatic carbocycles. The minimum absolute atomic E-state index is 0.377. The molecule has 58 heavy (non-hydrogen) atoms. The van der Waals surface area contributed by atoms with Gasteiger partial charge in [-0.05, 0) is 48.5 Å². The van der Waals surface area contributed by atoms with Crippen LogP contribution >= 0.6 is 0 Å². The fraction of sp³-hybridized carbons (Fsp3) is 0.286. The van der Waals surface area contributed by atoms with Gasteiger partial charge >= 0.3 is 0 Å². The van der Waals surface area contributed by atoms with E-state index >= 15 is 0 Å². The van der Waals surface area contributed by atoms with Gasteiger partial charge in [0.25, 0.3) is 0 Å². The Balaban J connectivity index is 1.73. The number of nitrogens with one attached hydrogen (secondary N) is 1. The van der Waals surface area contributed by atoms with Crippen molar-refractivity contribution in [1.82, 2.24) is 19.5 Å². The van der Waals surface area contributed by atoms with E-state index in [0.717, 1.165) is 0 Å². The predicted molar refractivity (Wildman–Crippen MR) is 216 cm³/mol. The first kappa shape index (κ1) is 40.6. The molecule has 2 heterocycles. The average Bonchev–Trinajstić information content (AvgIpc) is 3.92. The number of ether oxygens (including phenoxy) is 12. The van der Waals surface area contributed by atoms with Crippen LogP contribution in [0.3, 0.4) is 0 Å². The Hall–Kier alpha value is -7.10. The molecule has 0 fully saturated rings. The van der Waals surface area contributed by atoms with Gasteiger partial charge < -0.3 is 61.8 Å². The summed E-state index contributed by atoms with van der Waals surface area (Å²) in [6.07, 6.45) is 1.66. The number of nitrogens with zero attached hydrogens (tertiary/aromatic N) is 3. The molecule has 0 saturated carbocycles. The Morgan fingerprint density at radius 3 is 1.02 bits per heavy atom. The maximum atomic E-state index is 5.79. The molecule has 0 saturated heterocycles. The van der Waals surface area contributed by atoms with Gasteiger partial charge in [-0.25, -0.2) is 9.97 Å². The van der Waals surface area contributed by atoms with Crippen LogP contribution in [-0.4, -0.2) is 105 Å². The number of hydrogen-bond donors (Lipinski definition) is 1. The fourth-order valence-corrected chi connectivity index (χ4v) is 6.77. The number of benzene rings is 4. The van der Waals surface area contributed by atoms with Crippen LogP contribution in [0.25, 0.3) is 51.0 Å². The summed E-state index contributed by atoms with van der Waals surface area (Å²) < 4.78 is 70.5. The van der Waals surface area contributed by atoms with Gasteiger partial charge in [0.1, 0.15) is 6.33 Å². The molecule has 2 aromatic heterocycles. The Bertz CT molecular complexity index is 2240. The topological polar surface area (TPSA) is 157 Å². The van der Waals surface area contributed by atoms with Crippen molar-refractivity contribution in [3.63, 3.8) is 0 Å². The van der Waals surface area contributed by atoms with E-state index in [1.807, 2.05) is 53.1 Å². The molecule has 0 amide bonds. The molecule has 0 spiro atoms. The lowest BCUT2D eigenvalue weighted by Crippen LogP contribution is -2.01. The normalized spacial score (nSPS) is 10.8. The van der Waals surface area contributed by atoms with Crippen LogP contribution in [0.1, 0.15) is 0 Å². The molecule has 6 rings (SSSR count). The van der Waals surface area contributed by atoms with Crippen LogP contribution < -0.4 is 56.8 Å². The van der Waals surface area contributed by atoms with E-state index in [-0.39, 0.29) is 0 Å². The molecule has 0 atom stereocenters. The first-order valence-electron chi connectivity index (χ1n) is 17.6. The van der Waals surface area contributed by atoms with Crippen LogP contribution in [0.4, 0.5) is 0 Å². The third kappa shape index (κ3) is 7.08. The van der Waals surface area contributed by atoms with Crippen molar-refractivity contribution in [3.05, 3.63) is 54.9 Å². The van der Waals surface area contributed by atoms with Crippen LogP contribution in [0.5, 0.6) is 69.0 Å². The Kier molecular flexibility index (Phi) is 12.1. The zero-order chi connectivity index (χ0) is 41.7. The molecule has 16 nitrogen and oxygen atoms in total. The number of H-pyrrole nitrogens is 1. The van der Waals surface area contributed by atoms with Gasteiger partial charge in [0.05, 0.1) is 108 Å². The summed E-state index contributed by atoms with van der Waals surface area (Å²) in [5, 5.41) is 0. The zero-order valence-electron chi connectivity index (χ0n) is 34.4. The first-order chi connectivity index (χ1) is 28.2. The maximum absolute atomic E-state index is 5.79. The van der Waals surface area contributed by atoms with Crippen LogP contribution in [0, 0.1) is 0 Å². The minimum atomic E-state index is 0.377. The monoisotopic (exact) mass is 798 g/mol. The quantitative estimate of drug-likeness (QED) is 0.0976. The van der Waals surface area contributed by atoms with Crippen molar-refractivity contribution in [3.8, 4) is 120 Å². The van der Waals surface area contributed by atoms with Gasteiger partial charge in [-0.15, -0.1) is 0 Å². The standard InChI is InChI=1S/C42H46N4O12/c1-47-26-13-22(14-27(48-2)38(26)55-9)34-35(23-15-28(49-3)39(56-10)29(16-23)50-4)45-42(44-34)46-21-43-36(24-17-30(51-5)40(57-11)31(18-24)52-6)37(46)25-19-32(53-7)41(58-12)33(20-25)54-8/h13-21H,1-12H3,(H,44,45). The summed E-state index contributed by atoms with van der Waals surface area (Å²) in [6, 6.07) is 14.6. The second-order valence-electron chi connectivity index (χ2n) is 12.3. The average molecular weight is 799 g/mol. The molecule has 4 aromatic carbocycles. The molecular formula is C42H46N4O12. The highest BCUT2D eigenvalue weighted by atomic mass is 16.5. The highest BCUT2D eigenvalue weighted by molar-refractivity contribution is 5.86. The summed E-state index contributed by atoms with van der Waals surface area (Å²) >= 11 is 0. The number of methoxy groups -OCH3 is 12. The molecule has 16 heteroatoms. The van der Waals surface area contributed by atoms with Crippen molar-refractivity contribution >= 4 is 0 Å². The second-order valence-corrected chi connectivity index (χ2v) is 12.3. The molecule has 0 bridgehead atoms. The van der Waals surface area contributed by atoms with Gasteiger partial charge in [0.2, 0.25) is 28.9 Å². The lowest BCUT2D eigenvalue weighted by atomic mass is 10.0. The van der Waals surface area contributed by atoms with E-state index in [9.17, 15) is 0 Å². The summed E-state index contributed by atoms with van der Waals surface area (Å²) in [6.45, 7) is 0. The lowest BCUT2D eigenvalue weighted by Gasteiger charge is -2.17. The Labute approximate surface area is 336 Å². The number of hydrogen-bond acceptors (Lipinski definition) is 14. The van der Waals surface area contributed by atoms with Crippen molar-refractivity contribution in [1.29, 1.82) is 0 Å². The molecule has 0 radical (unpaired) electrons. The van der Waals surface area contributed by atoms with Crippen molar-refractivity contribution in [2.24, 2.45) is 0 Å². The highest BCUT2D eigenvalue weighted by Crippen LogP contribution is 2.49. The van der Waals surface area contributed by atoms with E-state index in [0.29, 0.717) is 120 Å². The summed E-state index contributed by atoms with van der Waals surface area (Å²) in [7, 11) is 18.6. The summed E-state index contributed by atoms with van der Waals surface area (Å²) in [5.74, 6) is 5.55. The first-order valence-corrected chi connectivity index (χ1v) is 17.6. The van der Waals surface area contributed by atoms with Gasteiger partial charge in [-0.3, -0.25) is 4.57 Å². The van der Waals surface area contributed by atoms with E-state index in [1.54, 1.807) is 91.6 Å². The molecule has 1 N–H and O–H groups in total. The van der Waals surface area contributed by atoms with Crippen molar-refractivity contribution in [2.45, 2.75) is 0 Å². The Morgan fingerprint density at radius 1 is 0.379 bits per heavy atom. The lowest BCUT2D eigenvalue weighted by molar-refractivity contribution is 0.324. The van der Waals surface area contributed by atoms with Crippen LogP contribution in [-0.2, 0) is 0 Å². The predicted octanol–water partition coefficient (Wildman–Crippen LogP) is 7.37. The SMILES string of the molecule is COc1cc(-c2nc(-n3cnc(-c4cc(OC)c(OC)c(OC)c4)c3-c3cc(OC)c(OC)c(OC)c3)[nH]c2-c2cc(OC)c(OC)c(OC)c2)cc(OC)c1OC. The molecule has 6 aromatic rings. The van der Waals surface area contributed by atoms with Gasteiger partial charge in [0.15, 0.2) is 46.0 Å². The maximum Gasteiger partial charge on any atom is 0.214 e. The smallest absolute Gasteiger partial charge is 0.214 e. The summed E-state index contributed by atoms with van der Waals surface area (Å²) in [5.41, 5.74) is 4.83. The van der Waals surface area contributed by atoms with E-state index < -0.39 is 0 Å². The summed E-state index contributed by atoms with van der Waals surface area (Å²) in [4.78, 5) is 13.8. The van der Waals surface area contributed by atoms with Crippen molar-refractivity contribution in [2.75, 3.05) is 85.3 Å². The third-order valence-electron chi connectivity index (χ3n) is 9.45. The van der Waals surface area contributed by atoms with E-state index in [2.05, 4.69) is 4.98 Å². The number of aromatic amines is 1. The zero-order valence-corrected chi connectivity index (χ0v) is 34.4. The Morgan fingerprint density at radius 2 is 0.690 bits per heavy atom. The third-order valence-corrected chi connectivity index (χ3v) is 9.45. The largest absolute Gasteiger partial charge is 0.493 e. The second kappa shape index (κ2) is 17.4. The minimum Gasteiger partial charge on any atom is -0.493 e. The van der Waals surface area contributed by atoms with E-state index in [4.69, 9.17) is 66.8 Å². The molecule has 0 aliphatic rings. The number of aromatic nitrogens is 4. The van der Waals surface area contributed by atoms with E-state index in [1.165, 1.54) is 0 Å². The van der Waals surface area contributed by atoms with Gasteiger partial charge in [0, 0.05) is 22.3 Å². The molecule has 0 unspecified atom stereocenters. The molecule has 306 valence electrons. The number of imidazole rings is 2. The highest BCUT2D eigenvalue weighted by Gasteiger charge is 2.27. The fourth-order valence-electron chi connectivity index (χ4n) is 6.77. The molecule has 0 aliphatic heterocycles. The molecular weight excluding hydrogens is 752 g/mol.